The third-order valence-corrected chi connectivity index (χ3v) is 6.22. The van der Waals surface area contributed by atoms with Crippen molar-refractivity contribution in [2.75, 3.05) is 0 Å². The van der Waals surface area contributed by atoms with E-state index in [4.69, 9.17) is 9.72 Å². The van der Waals surface area contributed by atoms with Crippen LogP contribution in [0.3, 0.4) is 0 Å². The van der Waals surface area contributed by atoms with Gasteiger partial charge in [-0.15, -0.1) is 11.3 Å². The Hall–Kier alpha value is -2.56. The zero-order valence-corrected chi connectivity index (χ0v) is 15.5. The molecule has 4 heteroatoms. The highest BCUT2D eigenvalue weighted by Gasteiger charge is 2.18. The maximum atomic E-state index is 6.01. The van der Waals surface area contributed by atoms with Gasteiger partial charge in [0.15, 0.2) is 0 Å². The number of nitrogens with zero attached hydrogens (tertiary/aromatic N) is 1. The normalized spacial score (nSPS) is 12.2. The first-order chi connectivity index (χ1) is 12.8. The van der Waals surface area contributed by atoms with Gasteiger partial charge in [0.2, 0.25) is 0 Å². The van der Waals surface area contributed by atoms with E-state index in [1.807, 2.05) is 30.3 Å². The molecule has 0 amide bonds. The molecule has 5 rings (SSSR count). The Labute approximate surface area is 160 Å². The second-order valence-electron chi connectivity index (χ2n) is 6.10. The molecule has 0 spiro atoms. The van der Waals surface area contributed by atoms with Gasteiger partial charge in [0.1, 0.15) is 11.5 Å². The van der Waals surface area contributed by atoms with Gasteiger partial charge < -0.3 is 4.74 Å². The van der Waals surface area contributed by atoms with Crippen LogP contribution in [0.15, 0.2) is 88.0 Å². The Balaban J connectivity index is 1.42. The highest BCUT2D eigenvalue weighted by molar-refractivity contribution is 7.99. The van der Waals surface area contributed by atoms with Crippen LogP contribution >= 0.6 is 23.1 Å². The van der Waals surface area contributed by atoms with Crippen molar-refractivity contribution in [3.63, 3.8) is 0 Å². The van der Waals surface area contributed by atoms with E-state index >= 15 is 0 Å². The Morgan fingerprint density at radius 3 is 2.54 bits per heavy atom. The van der Waals surface area contributed by atoms with E-state index in [1.54, 1.807) is 23.1 Å². The molecule has 0 saturated carbocycles. The number of fused-ring (bicyclic) bond motifs is 2. The van der Waals surface area contributed by atoms with E-state index in [9.17, 15) is 0 Å². The number of ether oxygens (including phenoxy) is 1. The fourth-order valence-electron chi connectivity index (χ4n) is 2.98. The zero-order chi connectivity index (χ0) is 17.3. The predicted octanol–water partition coefficient (Wildman–Crippen LogP) is 6.66. The third kappa shape index (κ3) is 3.02. The second-order valence-corrected chi connectivity index (χ2v) is 8.13. The van der Waals surface area contributed by atoms with Crippen LogP contribution in [0.4, 0.5) is 0 Å². The van der Waals surface area contributed by atoms with E-state index < -0.39 is 0 Å². The lowest BCUT2D eigenvalue weighted by Gasteiger charge is -2.19. The summed E-state index contributed by atoms with van der Waals surface area (Å²) < 4.78 is 6.01. The van der Waals surface area contributed by atoms with Crippen LogP contribution in [-0.2, 0) is 6.42 Å². The lowest BCUT2D eigenvalue weighted by Crippen LogP contribution is -1.95. The summed E-state index contributed by atoms with van der Waals surface area (Å²) in [5.41, 5.74) is 3.46. The minimum absolute atomic E-state index is 0.877. The Bertz CT molecular complexity index is 1070. The van der Waals surface area contributed by atoms with Crippen molar-refractivity contribution < 1.29 is 4.74 Å². The average molecular weight is 374 g/mol. The summed E-state index contributed by atoms with van der Waals surface area (Å²) in [4.78, 5) is 7.13. The summed E-state index contributed by atoms with van der Waals surface area (Å²) in [6.45, 7) is 0. The fraction of sp³-hybridized carbons (Fsp3) is 0.0455. The second kappa shape index (κ2) is 6.63. The van der Waals surface area contributed by atoms with Gasteiger partial charge in [0, 0.05) is 17.4 Å². The van der Waals surface area contributed by atoms with Crippen molar-refractivity contribution in [1.29, 1.82) is 0 Å². The smallest absolute Gasteiger partial charge is 0.141 e. The first-order valence-electron chi connectivity index (χ1n) is 8.43. The Morgan fingerprint density at radius 1 is 0.808 bits per heavy atom. The van der Waals surface area contributed by atoms with Gasteiger partial charge in [0.05, 0.1) is 20.5 Å². The maximum Gasteiger partial charge on any atom is 0.141 e. The van der Waals surface area contributed by atoms with Crippen LogP contribution in [0.2, 0.25) is 0 Å². The van der Waals surface area contributed by atoms with Crippen molar-refractivity contribution in [3.8, 4) is 22.8 Å². The molecule has 0 saturated heterocycles. The fourth-order valence-corrected chi connectivity index (χ4v) is 4.81. The molecule has 4 aromatic rings. The molecule has 0 unspecified atom stereocenters. The molecule has 2 nitrogen and oxygen atoms in total. The van der Waals surface area contributed by atoms with Crippen molar-refractivity contribution in [2.45, 2.75) is 16.2 Å². The molecule has 0 bridgehead atoms. The summed E-state index contributed by atoms with van der Waals surface area (Å²) in [6.07, 6.45) is 0.877. The largest absolute Gasteiger partial charge is 0.455 e. The molecule has 0 fully saturated rings. The van der Waals surface area contributed by atoms with Crippen molar-refractivity contribution in [3.05, 3.63) is 88.7 Å². The third-order valence-electron chi connectivity index (χ3n) is 4.28. The number of hydrogen-bond acceptors (Lipinski definition) is 4. The average Bonchev–Trinajstić information content (AvgIpc) is 3.15. The molecule has 3 aromatic carbocycles. The molecule has 0 atom stereocenters. The summed E-state index contributed by atoms with van der Waals surface area (Å²) in [5, 5.41) is 3.28. The van der Waals surface area contributed by atoms with E-state index in [0.29, 0.717) is 0 Å². The molecule has 26 heavy (non-hydrogen) atoms. The van der Waals surface area contributed by atoms with E-state index in [1.165, 1.54) is 5.56 Å². The molecule has 1 aromatic heterocycles. The van der Waals surface area contributed by atoms with Crippen LogP contribution in [0.25, 0.3) is 11.3 Å². The predicted molar refractivity (Wildman–Crippen MR) is 107 cm³/mol. The lowest BCUT2D eigenvalue weighted by molar-refractivity contribution is 0.454. The molecule has 1 aliphatic heterocycles. The van der Waals surface area contributed by atoms with Crippen LogP contribution in [0.5, 0.6) is 11.5 Å². The van der Waals surface area contributed by atoms with Gasteiger partial charge in [-0.25, -0.2) is 4.98 Å². The first-order valence-corrected chi connectivity index (χ1v) is 10.1. The molecule has 0 aliphatic carbocycles. The van der Waals surface area contributed by atoms with Crippen LogP contribution < -0.4 is 4.74 Å². The van der Waals surface area contributed by atoms with Gasteiger partial charge in [0.25, 0.3) is 0 Å². The SMILES string of the molecule is c1ccc(Cc2nc(-c3ccc4c(c3)Sc3ccccc3O4)cs2)cc1. The summed E-state index contributed by atoms with van der Waals surface area (Å²) >= 11 is 3.47. The van der Waals surface area contributed by atoms with Crippen molar-refractivity contribution in [2.24, 2.45) is 0 Å². The van der Waals surface area contributed by atoms with Gasteiger partial charge in [-0.2, -0.15) is 0 Å². The van der Waals surface area contributed by atoms with Crippen molar-refractivity contribution in [1.82, 2.24) is 4.98 Å². The van der Waals surface area contributed by atoms with Crippen molar-refractivity contribution >= 4 is 23.1 Å². The molecule has 126 valence electrons. The van der Waals surface area contributed by atoms with E-state index in [-0.39, 0.29) is 0 Å². The van der Waals surface area contributed by atoms with Gasteiger partial charge in [-0.05, 0) is 35.9 Å². The molecule has 2 heterocycles. The number of aromatic nitrogens is 1. The highest BCUT2D eigenvalue weighted by Crippen LogP contribution is 2.47. The number of para-hydroxylation sites is 1. The minimum atomic E-state index is 0.877. The van der Waals surface area contributed by atoms with E-state index in [2.05, 4.69) is 47.8 Å². The maximum absolute atomic E-state index is 6.01. The van der Waals surface area contributed by atoms with Gasteiger partial charge in [-0.1, -0.05) is 54.2 Å². The molecule has 0 radical (unpaired) electrons. The Kier molecular flexibility index (Phi) is 4.00. The monoisotopic (exact) mass is 373 g/mol. The first kappa shape index (κ1) is 15.7. The van der Waals surface area contributed by atoms with E-state index in [0.717, 1.165) is 44.0 Å². The molecular weight excluding hydrogens is 358 g/mol. The van der Waals surface area contributed by atoms with Gasteiger partial charge >= 0.3 is 0 Å². The molecule has 1 aliphatic rings. The lowest BCUT2D eigenvalue weighted by atomic mass is 10.1. The molecule has 0 N–H and O–H groups in total. The quantitative estimate of drug-likeness (QED) is 0.353. The number of thiazole rings is 1. The number of rotatable bonds is 3. The summed E-state index contributed by atoms with van der Waals surface area (Å²) in [6, 6.07) is 24.9. The minimum Gasteiger partial charge on any atom is -0.455 e. The molecular formula is C22H15NOS2. The number of benzene rings is 3. The summed E-state index contributed by atoms with van der Waals surface area (Å²) in [5.74, 6) is 1.84. The van der Waals surface area contributed by atoms with Crippen LogP contribution in [-0.4, -0.2) is 4.98 Å². The van der Waals surface area contributed by atoms with Crippen LogP contribution in [0.1, 0.15) is 10.6 Å². The topological polar surface area (TPSA) is 22.1 Å². The summed E-state index contributed by atoms with van der Waals surface area (Å²) in [7, 11) is 0. The zero-order valence-electron chi connectivity index (χ0n) is 13.9. The van der Waals surface area contributed by atoms with Gasteiger partial charge in [-0.3, -0.25) is 0 Å². The highest BCUT2D eigenvalue weighted by atomic mass is 32.2. The standard InChI is InChI=1S/C22H15NOS2/c1-2-6-15(7-3-1)12-22-23-17(14-25-22)16-10-11-19-21(13-16)26-20-9-5-4-8-18(20)24-19/h1-11,13-14H,12H2. The Morgan fingerprint density at radius 2 is 1.62 bits per heavy atom. The van der Waals surface area contributed by atoms with Crippen LogP contribution in [0, 0.1) is 0 Å². The number of hydrogen-bond donors (Lipinski definition) is 0.